The minimum atomic E-state index is -0.00676. The van der Waals surface area contributed by atoms with Gasteiger partial charge in [-0.1, -0.05) is 0 Å². The highest BCUT2D eigenvalue weighted by molar-refractivity contribution is 5.74. The molecule has 0 radical (unpaired) electrons. The average molecular weight is 222 g/mol. The molecule has 1 N–H and O–H groups in total. The van der Waals surface area contributed by atoms with Gasteiger partial charge in [-0.05, 0) is 19.3 Å². The average Bonchev–Trinajstić information content (AvgIpc) is 2.58. The topological polar surface area (TPSA) is 50.2 Å². The summed E-state index contributed by atoms with van der Waals surface area (Å²) in [5.74, 6) is 0.895. The van der Waals surface area contributed by atoms with E-state index in [1.807, 2.05) is 17.8 Å². The van der Waals surface area contributed by atoms with Crippen LogP contribution in [0.25, 0.3) is 0 Å². The number of imidazole rings is 1. The molecule has 1 fully saturated rings. The van der Waals surface area contributed by atoms with Crippen molar-refractivity contribution in [3.63, 3.8) is 0 Å². The van der Waals surface area contributed by atoms with Crippen LogP contribution in [0.3, 0.4) is 0 Å². The molecule has 1 aliphatic rings. The predicted octanol–water partition coefficient (Wildman–Crippen LogP) is 1.11. The van der Waals surface area contributed by atoms with E-state index < -0.39 is 0 Å². The third kappa shape index (κ3) is 2.35. The molecule has 1 aromatic rings. The van der Waals surface area contributed by atoms with E-state index >= 15 is 0 Å². The molecule has 5 heteroatoms. The lowest BCUT2D eigenvalue weighted by Gasteiger charge is -2.28. The molecule has 1 aromatic heterocycles. The summed E-state index contributed by atoms with van der Waals surface area (Å²) < 4.78 is 1.92. The number of urea groups is 1. The molecule has 0 aromatic carbocycles. The van der Waals surface area contributed by atoms with Crippen molar-refractivity contribution in [1.82, 2.24) is 19.8 Å². The third-order valence-corrected chi connectivity index (χ3v) is 3.08. The lowest BCUT2D eigenvalue weighted by atomic mass is 9.93. The summed E-state index contributed by atoms with van der Waals surface area (Å²) >= 11 is 0. The summed E-state index contributed by atoms with van der Waals surface area (Å²) in [6, 6.07) is 0.379. The quantitative estimate of drug-likeness (QED) is 0.833. The molecule has 1 saturated carbocycles. The number of hydrogen-bond donors (Lipinski definition) is 1. The molecule has 0 unspecified atom stereocenters. The molecule has 0 bridgehead atoms. The number of hydrogen-bond acceptors (Lipinski definition) is 2. The van der Waals surface area contributed by atoms with Crippen molar-refractivity contribution < 1.29 is 4.79 Å². The van der Waals surface area contributed by atoms with Crippen LogP contribution in [-0.4, -0.2) is 33.6 Å². The van der Waals surface area contributed by atoms with Gasteiger partial charge in [-0.15, -0.1) is 0 Å². The fraction of sp³-hybridized carbons (Fsp3) is 0.636. The zero-order valence-electron chi connectivity index (χ0n) is 9.81. The monoisotopic (exact) mass is 222 g/mol. The molecule has 0 saturated heterocycles. The van der Waals surface area contributed by atoms with Crippen molar-refractivity contribution >= 4 is 6.03 Å². The second-order valence-corrected chi connectivity index (χ2v) is 4.39. The predicted molar refractivity (Wildman–Crippen MR) is 60.8 cm³/mol. The van der Waals surface area contributed by atoms with Crippen LogP contribution in [0.1, 0.15) is 25.1 Å². The molecule has 1 heterocycles. The van der Waals surface area contributed by atoms with Crippen molar-refractivity contribution in [2.45, 2.75) is 31.8 Å². The van der Waals surface area contributed by atoms with Crippen molar-refractivity contribution in [3.8, 4) is 0 Å². The molecule has 2 amide bonds. The van der Waals surface area contributed by atoms with Crippen LogP contribution < -0.4 is 5.32 Å². The number of carbonyl (C=O) groups is 1. The van der Waals surface area contributed by atoms with E-state index in [9.17, 15) is 4.79 Å². The highest BCUT2D eigenvalue weighted by atomic mass is 16.2. The van der Waals surface area contributed by atoms with Crippen LogP contribution in [0.2, 0.25) is 0 Å². The van der Waals surface area contributed by atoms with Gasteiger partial charge in [0.05, 0.1) is 6.54 Å². The summed E-state index contributed by atoms with van der Waals surface area (Å²) in [6.07, 6.45) is 7.08. The van der Waals surface area contributed by atoms with E-state index in [0.717, 1.165) is 18.7 Å². The first-order chi connectivity index (χ1) is 7.66. The molecule has 16 heavy (non-hydrogen) atoms. The summed E-state index contributed by atoms with van der Waals surface area (Å²) in [5, 5.41) is 3.00. The van der Waals surface area contributed by atoms with Crippen LogP contribution >= 0.6 is 0 Å². The van der Waals surface area contributed by atoms with Crippen molar-refractivity contribution in [2.75, 3.05) is 7.05 Å². The number of aromatic nitrogens is 2. The third-order valence-electron chi connectivity index (χ3n) is 3.08. The summed E-state index contributed by atoms with van der Waals surface area (Å²) in [5.41, 5.74) is 0. The van der Waals surface area contributed by atoms with Gasteiger partial charge in [0.15, 0.2) is 0 Å². The second-order valence-electron chi connectivity index (χ2n) is 4.39. The Kier molecular flexibility index (Phi) is 3.12. The maximum absolute atomic E-state index is 11.8. The van der Waals surface area contributed by atoms with E-state index in [1.165, 1.54) is 6.42 Å². The number of rotatable bonds is 3. The standard InChI is InChI=1S/C11H18N4O/c1-14-7-6-12-10(14)8-15(2)11(16)13-9-4-3-5-9/h6-7,9H,3-5,8H2,1-2H3,(H,13,16). The Labute approximate surface area is 95.5 Å². The number of nitrogens with zero attached hydrogens (tertiary/aromatic N) is 3. The highest BCUT2D eigenvalue weighted by Gasteiger charge is 2.21. The largest absolute Gasteiger partial charge is 0.337 e. The Bertz CT molecular complexity index is 370. The summed E-state index contributed by atoms with van der Waals surface area (Å²) in [6.45, 7) is 0.544. The first-order valence-electron chi connectivity index (χ1n) is 5.64. The Balaban J connectivity index is 1.84. The Morgan fingerprint density at radius 2 is 2.44 bits per heavy atom. The fourth-order valence-corrected chi connectivity index (χ4v) is 1.67. The van der Waals surface area contributed by atoms with Gasteiger partial charge in [0.25, 0.3) is 0 Å². The van der Waals surface area contributed by atoms with Gasteiger partial charge in [-0.2, -0.15) is 0 Å². The van der Waals surface area contributed by atoms with Crippen LogP contribution in [0, 0.1) is 0 Å². The van der Waals surface area contributed by atoms with Gasteiger partial charge < -0.3 is 14.8 Å². The van der Waals surface area contributed by atoms with Crippen molar-refractivity contribution in [2.24, 2.45) is 7.05 Å². The van der Waals surface area contributed by atoms with Crippen LogP contribution in [0.15, 0.2) is 12.4 Å². The van der Waals surface area contributed by atoms with E-state index in [2.05, 4.69) is 10.3 Å². The Morgan fingerprint density at radius 3 is 2.94 bits per heavy atom. The molecular weight excluding hydrogens is 204 g/mol. The van der Waals surface area contributed by atoms with Crippen molar-refractivity contribution in [3.05, 3.63) is 18.2 Å². The van der Waals surface area contributed by atoms with Crippen LogP contribution in [-0.2, 0) is 13.6 Å². The molecule has 2 rings (SSSR count). The minimum absolute atomic E-state index is 0.00676. The number of carbonyl (C=O) groups excluding carboxylic acids is 1. The molecular formula is C11H18N4O. The fourth-order valence-electron chi connectivity index (χ4n) is 1.67. The van der Waals surface area contributed by atoms with E-state index in [4.69, 9.17) is 0 Å². The van der Waals surface area contributed by atoms with E-state index in [-0.39, 0.29) is 6.03 Å². The zero-order chi connectivity index (χ0) is 11.5. The molecule has 0 atom stereocenters. The molecule has 1 aliphatic carbocycles. The smallest absolute Gasteiger partial charge is 0.317 e. The normalized spacial score (nSPS) is 15.6. The Morgan fingerprint density at radius 1 is 1.69 bits per heavy atom. The first kappa shape index (κ1) is 11.0. The second kappa shape index (κ2) is 4.55. The van der Waals surface area contributed by atoms with Gasteiger partial charge in [-0.25, -0.2) is 9.78 Å². The Hall–Kier alpha value is -1.52. The number of nitrogens with one attached hydrogen (secondary N) is 1. The summed E-state index contributed by atoms with van der Waals surface area (Å²) in [7, 11) is 3.72. The number of aryl methyl sites for hydroxylation is 1. The van der Waals surface area contributed by atoms with Crippen LogP contribution in [0.4, 0.5) is 4.79 Å². The highest BCUT2D eigenvalue weighted by Crippen LogP contribution is 2.18. The lowest BCUT2D eigenvalue weighted by Crippen LogP contribution is -2.45. The van der Waals surface area contributed by atoms with Gasteiger partial charge in [0, 0.05) is 32.5 Å². The minimum Gasteiger partial charge on any atom is -0.337 e. The van der Waals surface area contributed by atoms with Gasteiger partial charge in [-0.3, -0.25) is 0 Å². The SMILES string of the molecule is CN(Cc1nccn1C)C(=O)NC1CCC1. The molecule has 5 nitrogen and oxygen atoms in total. The summed E-state index contributed by atoms with van der Waals surface area (Å²) in [4.78, 5) is 17.6. The van der Waals surface area contributed by atoms with Gasteiger partial charge in [0.2, 0.25) is 0 Å². The number of amides is 2. The lowest BCUT2D eigenvalue weighted by molar-refractivity contribution is 0.193. The van der Waals surface area contributed by atoms with Gasteiger partial charge >= 0.3 is 6.03 Å². The molecule has 0 spiro atoms. The van der Waals surface area contributed by atoms with Crippen LogP contribution in [0.5, 0.6) is 0 Å². The van der Waals surface area contributed by atoms with Crippen molar-refractivity contribution in [1.29, 1.82) is 0 Å². The van der Waals surface area contributed by atoms with Gasteiger partial charge in [0.1, 0.15) is 5.82 Å². The first-order valence-corrected chi connectivity index (χ1v) is 5.64. The maximum atomic E-state index is 11.8. The zero-order valence-corrected chi connectivity index (χ0v) is 9.81. The molecule has 0 aliphatic heterocycles. The maximum Gasteiger partial charge on any atom is 0.317 e. The molecule has 88 valence electrons. The van der Waals surface area contributed by atoms with E-state index in [1.54, 1.807) is 18.1 Å². The van der Waals surface area contributed by atoms with E-state index in [0.29, 0.717) is 12.6 Å².